The average Bonchev–Trinajstić information content (AvgIpc) is 3.06. The average molecular weight is 339 g/mol. The van der Waals surface area contributed by atoms with E-state index in [1.54, 1.807) is 25.3 Å². The smallest absolute Gasteiger partial charge is 0.251 e. The minimum atomic E-state index is -0.252. The number of H-pyrrole nitrogens is 1. The largest absolute Gasteiger partial charge is 0.493 e. The van der Waals surface area contributed by atoms with Crippen LogP contribution < -0.4 is 14.8 Å². The van der Waals surface area contributed by atoms with E-state index in [1.165, 1.54) is 0 Å². The molecule has 6 nitrogen and oxygen atoms in total. The van der Waals surface area contributed by atoms with Gasteiger partial charge in [-0.25, -0.2) is 4.98 Å². The van der Waals surface area contributed by atoms with Crippen LogP contribution in [0.4, 0.5) is 0 Å². The SMILES string of the molecule is CCOc1ccc(C(=O)N[C@H](C)c2nc3ccccc3[nH]2)cc1OC. The second-order valence-electron chi connectivity index (χ2n) is 5.63. The highest BCUT2D eigenvalue weighted by molar-refractivity contribution is 5.95. The lowest BCUT2D eigenvalue weighted by molar-refractivity contribution is 0.0938. The summed E-state index contributed by atoms with van der Waals surface area (Å²) in [5.74, 6) is 1.67. The molecule has 1 amide bonds. The van der Waals surface area contributed by atoms with Crippen molar-refractivity contribution in [2.45, 2.75) is 19.9 Å². The summed E-state index contributed by atoms with van der Waals surface area (Å²) in [6, 6.07) is 12.6. The molecule has 0 radical (unpaired) electrons. The number of ether oxygens (including phenoxy) is 2. The molecule has 1 aromatic heterocycles. The van der Waals surface area contributed by atoms with Crippen molar-refractivity contribution in [3.05, 3.63) is 53.9 Å². The quantitative estimate of drug-likeness (QED) is 0.721. The first-order valence-electron chi connectivity index (χ1n) is 8.18. The topological polar surface area (TPSA) is 76.2 Å². The van der Waals surface area contributed by atoms with E-state index >= 15 is 0 Å². The zero-order valence-corrected chi connectivity index (χ0v) is 14.5. The fourth-order valence-electron chi connectivity index (χ4n) is 2.61. The van der Waals surface area contributed by atoms with E-state index in [2.05, 4.69) is 15.3 Å². The first-order valence-corrected chi connectivity index (χ1v) is 8.18. The van der Waals surface area contributed by atoms with Crippen LogP contribution in [0.5, 0.6) is 11.5 Å². The number of methoxy groups -OCH3 is 1. The Labute approximate surface area is 146 Å². The van der Waals surface area contributed by atoms with Crippen LogP contribution in [-0.2, 0) is 0 Å². The molecule has 130 valence electrons. The summed E-state index contributed by atoms with van der Waals surface area (Å²) < 4.78 is 10.8. The van der Waals surface area contributed by atoms with Gasteiger partial charge in [-0.05, 0) is 44.2 Å². The molecule has 1 atom stereocenters. The zero-order chi connectivity index (χ0) is 17.8. The van der Waals surface area contributed by atoms with Crippen molar-refractivity contribution in [3.8, 4) is 11.5 Å². The van der Waals surface area contributed by atoms with Crippen molar-refractivity contribution in [2.75, 3.05) is 13.7 Å². The lowest BCUT2D eigenvalue weighted by atomic mass is 10.1. The summed E-state index contributed by atoms with van der Waals surface area (Å²) in [5, 5.41) is 2.95. The lowest BCUT2D eigenvalue weighted by Crippen LogP contribution is -2.27. The minimum Gasteiger partial charge on any atom is -0.493 e. The number of carbonyl (C=O) groups excluding carboxylic acids is 1. The summed E-state index contributed by atoms with van der Waals surface area (Å²) >= 11 is 0. The van der Waals surface area contributed by atoms with Gasteiger partial charge in [0.25, 0.3) is 5.91 Å². The maximum Gasteiger partial charge on any atom is 0.251 e. The highest BCUT2D eigenvalue weighted by Gasteiger charge is 2.16. The Hall–Kier alpha value is -3.02. The number of fused-ring (bicyclic) bond motifs is 1. The van der Waals surface area contributed by atoms with Gasteiger partial charge in [0, 0.05) is 5.56 Å². The first kappa shape index (κ1) is 16.8. The normalized spacial score (nSPS) is 12.0. The number of benzene rings is 2. The second kappa shape index (κ2) is 7.25. The highest BCUT2D eigenvalue weighted by Crippen LogP contribution is 2.28. The van der Waals surface area contributed by atoms with Crippen LogP contribution in [0.1, 0.15) is 36.1 Å². The summed E-state index contributed by atoms with van der Waals surface area (Å²) in [7, 11) is 1.55. The molecule has 0 saturated carbocycles. The number of hydrogen-bond donors (Lipinski definition) is 2. The summed E-state index contributed by atoms with van der Waals surface area (Å²) in [6.07, 6.45) is 0. The van der Waals surface area contributed by atoms with Gasteiger partial charge < -0.3 is 19.8 Å². The maximum absolute atomic E-state index is 12.5. The van der Waals surface area contributed by atoms with Gasteiger partial charge in [-0.3, -0.25) is 4.79 Å². The van der Waals surface area contributed by atoms with Crippen LogP contribution in [0, 0.1) is 0 Å². The van der Waals surface area contributed by atoms with E-state index in [1.807, 2.05) is 38.1 Å². The Morgan fingerprint density at radius 2 is 2.04 bits per heavy atom. The van der Waals surface area contributed by atoms with Gasteiger partial charge >= 0.3 is 0 Å². The number of para-hydroxylation sites is 2. The molecule has 0 fully saturated rings. The van der Waals surface area contributed by atoms with Crippen LogP contribution in [0.15, 0.2) is 42.5 Å². The van der Waals surface area contributed by atoms with Gasteiger partial charge in [-0.15, -0.1) is 0 Å². The van der Waals surface area contributed by atoms with Gasteiger partial charge in [-0.2, -0.15) is 0 Å². The molecule has 1 heterocycles. The van der Waals surface area contributed by atoms with Gasteiger partial charge in [-0.1, -0.05) is 12.1 Å². The van der Waals surface area contributed by atoms with E-state index in [0.29, 0.717) is 29.5 Å². The molecule has 25 heavy (non-hydrogen) atoms. The van der Waals surface area contributed by atoms with Crippen LogP contribution in [-0.4, -0.2) is 29.6 Å². The molecule has 3 aromatic rings. The molecule has 0 aliphatic carbocycles. The Morgan fingerprint density at radius 1 is 1.24 bits per heavy atom. The van der Waals surface area contributed by atoms with Crippen LogP contribution in [0.3, 0.4) is 0 Å². The van der Waals surface area contributed by atoms with Gasteiger partial charge in [0.15, 0.2) is 11.5 Å². The molecule has 3 rings (SSSR count). The lowest BCUT2D eigenvalue weighted by Gasteiger charge is -2.13. The Balaban J connectivity index is 1.76. The van der Waals surface area contributed by atoms with Gasteiger partial charge in [0.05, 0.1) is 30.8 Å². The fraction of sp³-hybridized carbons (Fsp3) is 0.263. The standard InChI is InChI=1S/C19H21N3O3/c1-4-25-16-10-9-13(11-17(16)24-3)19(23)20-12(2)18-21-14-7-5-6-8-15(14)22-18/h5-12H,4H2,1-3H3,(H,20,23)(H,21,22)/t12-/m1/s1. The number of aromatic nitrogens is 2. The molecule has 2 aromatic carbocycles. The van der Waals surface area contributed by atoms with Crippen molar-refractivity contribution in [2.24, 2.45) is 0 Å². The number of aromatic amines is 1. The van der Waals surface area contributed by atoms with Crippen molar-refractivity contribution >= 4 is 16.9 Å². The molecule has 6 heteroatoms. The number of amides is 1. The molecule has 0 bridgehead atoms. The predicted molar refractivity (Wildman–Crippen MR) is 96.1 cm³/mol. The molecule has 0 spiro atoms. The molecule has 0 aliphatic rings. The molecule has 0 aliphatic heterocycles. The van der Waals surface area contributed by atoms with E-state index in [0.717, 1.165) is 11.0 Å². The molecule has 0 saturated heterocycles. The molecular weight excluding hydrogens is 318 g/mol. The number of nitrogens with one attached hydrogen (secondary N) is 2. The monoisotopic (exact) mass is 339 g/mol. The van der Waals surface area contributed by atoms with Gasteiger partial charge in [0.1, 0.15) is 5.82 Å². The third kappa shape index (κ3) is 3.57. The van der Waals surface area contributed by atoms with Crippen LogP contribution in [0.25, 0.3) is 11.0 Å². The molecular formula is C19H21N3O3. The van der Waals surface area contributed by atoms with E-state index in [9.17, 15) is 4.79 Å². The Kier molecular flexibility index (Phi) is 4.88. The van der Waals surface area contributed by atoms with E-state index in [4.69, 9.17) is 9.47 Å². The highest BCUT2D eigenvalue weighted by atomic mass is 16.5. The third-order valence-corrected chi connectivity index (χ3v) is 3.89. The summed E-state index contributed by atoms with van der Waals surface area (Å²) in [5.41, 5.74) is 2.32. The number of imidazole rings is 1. The maximum atomic E-state index is 12.5. The van der Waals surface area contributed by atoms with Crippen molar-refractivity contribution in [3.63, 3.8) is 0 Å². The number of rotatable bonds is 6. The minimum absolute atomic E-state index is 0.200. The predicted octanol–water partition coefficient (Wildman–Crippen LogP) is 3.46. The van der Waals surface area contributed by atoms with Crippen molar-refractivity contribution in [1.82, 2.24) is 15.3 Å². The van der Waals surface area contributed by atoms with E-state index in [-0.39, 0.29) is 11.9 Å². The summed E-state index contributed by atoms with van der Waals surface area (Å²) in [4.78, 5) is 20.3. The fourth-order valence-corrected chi connectivity index (χ4v) is 2.61. The van der Waals surface area contributed by atoms with Crippen molar-refractivity contribution in [1.29, 1.82) is 0 Å². The van der Waals surface area contributed by atoms with Crippen molar-refractivity contribution < 1.29 is 14.3 Å². The summed E-state index contributed by atoms with van der Waals surface area (Å²) in [6.45, 7) is 4.32. The number of hydrogen-bond acceptors (Lipinski definition) is 4. The molecule has 2 N–H and O–H groups in total. The third-order valence-electron chi connectivity index (χ3n) is 3.89. The Bertz CT molecular complexity index is 856. The number of nitrogens with zero attached hydrogens (tertiary/aromatic N) is 1. The second-order valence-corrected chi connectivity index (χ2v) is 5.63. The first-order chi connectivity index (χ1) is 12.1. The molecule has 0 unspecified atom stereocenters. The van der Waals surface area contributed by atoms with E-state index < -0.39 is 0 Å². The number of carbonyl (C=O) groups is 1. The van der Waals surface area contributed by atoms with Gasteiger partial charge in [0.2, 0.25) is 0 Å². The van der Waals surface area contributed by atoms with Crippen LogP contribution >= 0.6 is 0 Å². The Morgan fingerprint density at radius 3 is 2.76 bits per heavy atom. The zero-order valence-electron chi connectivity index (χ0n) is 14.5. The van der Waals surface area contributed by atoms with Crippen LogP contribution in [0.2, 0.25) is 0 Å².